The van der Waals surface area contributed by atoms with Gasteiger partial charge in [-0.1, -0.05) is 0 Å². The summed E-state index contributed by atoms with van der Waals surface area (Å²) in [6.07, 6.45) is 18.8. The summed E-state index contributed by atoms with van der Waals surface area (Å²) < 4.78 is -5.41. The summed E-state index contributed by atoms with van der Waals surface area (Å²) in [6.45, 7) is 0. The number of rotatable bonds is 17. The minimum atomic E-state index is -2.71. The molecule has 0 N–H and O–H groups in total. The van der Waals surface area contributed by atoms with Crippen LogP contribution in [-0.2, 0) is 0 Å². The summed E-state index contributed by atoms with van der Waals surface area (Å²) >= 11 is 5.80. The molecule has 6 aromatic carbocycles. The minimum absolute atomic E-state index is 1.06. The van der Waals surface area contributed by atoms with Crippen molar-refractivity contribution in [1.82, 2.24) is 0 Å². The van der Waals surface area contributed by atoms with Gasteiger partial charge < -0.3 is 0 Å². The molecule has 6 aromatic rings. The average molecular weight is 943 g/mol. The molecule has 0 fully saturated rings. The van der Waals surface area contributed by atoms with Crippen LogP contribution in [0.4, 0.5) is 0 Å². The molecule has 0 radical (unpaired) electrons. The Morgan fingerprint density at radius 1 is 0.288 bits per heavy atom. The fourth-order valence-corrected chi connectivity index (χ4v) is 24.6. The van der Waals surface area contributed by atoms with Crippen molar-refractivity contribution in [2.75, 3.05) is 12.3 Å². The standard InChI is InChI=1S/C48H50I2P2/c49-51(43-29-15-9-16-30-43,44-31-17-10-18-32-44,45-33-19-11-20-34-45)41-27-7-5-3-1-2-4-6-8-28-42-52(50,46-35-21-12-22-36-46,47-37-23-13-24-38-47)48-39-25-14-26-40-48/h5-26,29-40H,1-4,27-28,41-42H2/b7-5-,8-6-. The number of benzene rings is 6. The van der Waals surface area contributed by atoms with Crippen LogP contribution in [0, 0.1) is 0 Å². The molecule has 0 unspecified atom stereocenters. The second-order valence-corrected chi connectivity index (χ2v) is 35.1. The van der Waals surface area contributed by atoms with Crippen LogP contribution in [0.2, 0.25) is 0 Å². The number of hydrogen-bond acceptors (Lipinski definition) is 0. The summed E-state index contributed by atoms with van der Waals surface area (Å²) in [5.74, 6) is 0. The van der Waals surface area contributed by atoms with E-state index in [9.17, 15) is 0 Å². The van der Waals surface area contributed by atoms with Crippen molar-refractivity contribution < 1.29 is 0 Å². The molecule has 0 nitrogen and oxygen atoms in total. The Hall–Kier alpha value is -2.88. The molecular formula is C48H50I2P2. The molecule has 4 heteroatoms. The van der Waals surface area contributed by atoms with Crippen molar-refractivity contribution >= 4 is 84.4 Å². The first kappa shape index (κ1) is 38.8. The van der Waals surface area contributed by atoms with Gasteiger partial charge in [-0.3, -0.25) is 0 Å². The Bertz CT molecular complexity index is 1660. The topological polar surface area (TPSA) is 0 Å². The predicted molar refractivity (Wildman–Crippen MR) is 254 cm³/mol. The zero-order chi connectivity index (χ0) is 36.1. The van der Waals surface area contributed by atoms with Gasteiger partial charge in [-0.15, -0.1) is 0 Å². The van der Waals surface area contributed by atoms with Crippen LogP contribution in [0.15, 0.2) is 206 Å². The second kappa shape index (κ2) is 18.0. The quantitative estimate of drug-likeness (QED) is 0.0370. The number of allylic oxidation sites excluding steroid dienone is 4. The van der Waals surface area contributed by atoms with Crippen molar-refractivity contribution in [1.29, 1.82) is 0 Å². The molecule has 0 saturated carbocycles. The zero-order valence-corrected chi connectivity index (χ0v) is 36.0. The first-order valence-electron chi connectivity index (χ1n) is 18.6. The Balaban J connectivity index is 1.08. The monoisotopic (exact) mass is 942 g/mol. The molecule has 266 valence electrons. The van der Waals surface area contributed by atoms with Gasteiger partial charge in [0.05, 0.1) is 0 Å². The van der Waals surface area contributed by atoms with Crippen molar-refractivity contribution in [2.24, 2.45) is 0 Å². The molecule has 0 heterocycles. The molecule has 0 amide bonds. The van der Waals surface area contributed by atoms with Crippen molar-refractivity contribution in [3.05, 3.63) is 206 Å². The van der Waals surface area contributed by atoms with Gasteiger partial charge in [0.15, 0.2) is 0 Å². The van der Waals surface area contributed by atoms with Gasteiger partial charge in [0.1, 0.15) is 0 Å². The van der Waals surface area contributed by atoms with E-state index in [1.807, 2.05) is 0 Å². The molecular weight excluding hydrogens is 892 g/mol. The van der Waals surface area contributed by atoms with E-state index in [1.165, 1.54) is 44.7 Å². The number of unbranched alkanes of at least 4 members (excludes halogenated alkanes) is 3. The predicted octanol–water partition coefficient (Wildman–Crippen LogP) is 12.2. The van der Waals surface area contributed by atoms with Gasteiger partial charge in [-0.25, -0.2) is 0 Å². The van der Waals surface area contributed by atoms with Crippen LogP contribution in [0.1, 0.15) is 38.5 Å². The van der Waals surface area contributed by atoms with Crippen LogP contribution in [0.3, 0.4) is 0 Å². The molecule has 0 saturated heterocycles. The maximum atomic E-state index is 2.90. The summed E-state index contributed by atoms with van der Waals surface area (Å²) in [7, 11) is 0. The maximum absolute atomic E-state index is 2.90. The summed E-state index contributed by atoms with van der Waals surface area (Å²) in [4.78, 5) is 0. The van der Waals surface area contributed by atoms with E-state index in [0.29, 0.717) is 0 Å². The SMILES string of the molecule is IP(CC/C=C\CCCC/C=C\CCP(I)(c1ccccc1)(c1ccccc1)c1ccccc1)(c1ccccc1)(c1ccccc1)c1ccccc1. The third-order valence-electron chi connectivity index (χ3n) is 10.5. The number of hydrogen-bond donors (Lipinski definition) is 0. The Kier molecular flexibility index (Phi) is 13.4. The summed E-state index contributed by atoms with van der Waals surface area (Å²) in [5, 5.41) is 8.73. The van der Waals surface area contributed by atoms with Crippen molar-refractivity contribution in [3.8, 4) is 0 Å². The van der Waals surface area contributed by atoms with Crippen LogP contribution in [0.5, 0.6) is 0 Å². The van der Waals surface area contributed by atoms with E-state index >= 15 is 0 Å². The van der Waals surface area contributed by atoms with Crippen molar-refractivity contribution in [2.45, 2.75) is 38.5 Å². The average Bonchev–Trinajstić information content (AvgIpc) is 3.23. The molecule has 52 heavy (non-hydrogen) atoms. The van der Waals surface area contributed by atoms with E-state index in [2.05, 4.69) is 250 Å². The van der Waals surface area contributed by atoms with Crippen molar-refractivity contribution in [3.63, 3.8) is 0 Å². The second-order valence-electron chi connectivity index (χ2n) is 13.6. The van der Waals surface area contributed by atoms with Gasteiger partial charge in [-0.2, -0.15) is 0 Å². The molecule has 6 rings (SSSR count). The van der Waals surface area contributed by atoms with Gasteiger partial charge in [0.25, 0.3) is 0 Å². The van der Waals surface area contributed by atoms with Gasteiger partial charge in [0, 0.05) is 0 Å². The summed E-state index contributed by atoms with van der Waals surface area (Å²) in [6, 6.07) is 67.6. The molecule has 0 aromatic heterocycles. The molecule has 0 spiro atoms. The molecule has 0 atom stereocenters. The van der Waals surface area contributed by atoms with Crippen LogP contribution in [0.25, 0.3) is 0 Å². The van der Waals surface area contributed by atoms with E-state index in [4.69, 9.17) is 0 Å². The third kappa shape index (κ3) is 7.97. The van der Waals surface area contributed by atoms with Crippen LogP contribution >= 0.6 is 52.6 Å². The van der Waals surface area contributed by atoms with E-state index in [1.54, 1.807) is 0 Å². The Morgan fingerprint density at radius 2 is 0.481 bits per heavy atom. The Morgan fingerprint density at radius 3 is 0.692 bits per heavy atom. The fraction of sp³-hybridized carbons (Fsp3) is 0.167. The summed E-state index contributed by atoms with van der Waals surface area (Å²) in [5.41, 5.74) is 0. The van der Waals surface area contributed by atoms with Gasteiger partial charge in [0.2, 0.25) is 0 Å². The van der Waals surface area contributed by atoms with E-state index in [0.717, 1.165) is 38.0 Å². The first-order valence-corrected chi connectivity index (χ1v) is 29.0. The van der Waals surface area contributed by atoms with E-state index < -0.39 is 8.49 Å². The molecule has 0 aliphatic heterocycles. The van der Waals surface area contributed by atoms with Crippen LogP contribution < -0.4 is 31.8 Å². The molecule has 0 aliphatic rings. The number of halogens is 2. The fourth-order valence-electron chi connectivity index (χ4n) is 7.73. The van der Waals surface area contributed by atoms with Crippen LogP contribution in [-0.4, -0.2) is 12.3 Å². The molecule has 0 bridgehead atoms. The van der Waals surface area contributed by atoms with Gasteiger partial charge in [-0.05, 0) is 0 Å². The Labute approximate surface area is 338 Å². The normalized spacial score (nSPS) is 13.7. The zero-order valence-electron chi connectivity index (χ0n) is 29.9. The molecule has 0 aliphatic carbocycles. The third-order valence-corrected chi connectivity index (χ3v) is 33.9. The van der Waals surface area contributed by atoms with Gasteiger partial charge >= 0.3 is 342 Å². The van der Waals surface area contributed by atoms with E-state index in [-0.39, 0.29) is 0 Å². The first-order chi connectivity index (χ1) is 25.5.